The highest BCUT2D eigenvalue weighted by Crippen LogP contribution is 2.18. The molecule has 0 aliphatic carbocycles. The SMILES string of the molecule is CC(C)CNC(=O)c1ccccc1NC(=O)c1ccc(CS(=O)(=O)N2CCOCC2)cc1. The number of hydrogen-bond donors (Lipinski definition) is 2. The Bertz CT molecular complexity index is 1050. The van der Waals surface area contributed by atoms with Crippen LogP contribution in [0.2, 0.25) is 0 Å². The van der Waals surface area contributed by atoms with Crippen LogP contribution in [0.1, 0.15) is 40.1 Å². The summed E-state index contributed by atoms with van der Waals surface area (Å²) in [4.78, 5) is 25.2. The number of sulfonamides is 1. The number of anilines is 1. The van der Waals surface area contributed by atoms with Crippen LogP contribution in [0.25, 0.3) is 0 Å². The minimum Gasteiger partial charge on any atom is -0.379 e. The van der Waals surface area contributed by atoms with Crippen molar-refractivity contribution < 1.29 is 22.7 Å². The number of ether oxygens (including phenoxy) is 1. The van der Waals surface area contributed by atoms with Crippen LogP contribution >= 0.6 is 0 Å². The highest BCUT2D eigenvalue weighted by Gasteiger charge is 2.24. The third-order valence-corrected chi connectivity index (χ3v) is 6.87. The second kappa shape index (κ2) is 10.7. The number of para-hydroxylation sites is 1. The smallest absolute Gasteiger partial charge is 0.255 e. The normalized spacial score (nSPS) is 14.8. The van der Waals surface area contributed by atoms with Crippen molar-refractivity contribution in [3.05, 3.63) is 65.2 Å². The molecule has 0 saturated carbocycles. The van der Waals surface area contributed by atoms with E-state index in [0.717, 1.165) is 0 Å². The molecule has 1 aliphatic heterocycles. The lowest BCUT2D eigenvalue weighted by Gasteiger charge is -2.26. The van der Waals surface area contributed by atoms with Gasteiger partial charge in [0.25, 0.3) is 11.8 Å². The van der Waals surface area contributed by atoms with Gasteiger partial charge in [0.1, 0.15) is 0 Å². The Hall–Kier alpha value is -2.75. The quantitative estimate of drug-likeness (QED) is 0.631. The van der Waals surface area contributed by atoms with Gasteiger partial charge in [-0.25, -0.2) is 8.42 Å². The molecule has 0 atom stereocenters. The Balaban J connectivity index is 1.66. The van der Waals surface area contributed by atoms with Crippen LogP contribution in [0.3, 0.4) is 0 Å². The molecule has 9 heteroatoms. The maximum Gasteiger partial charge on any atom is 0.255 e. The molecule has 1 saturated heterocycles. The van der Waals surface area contributed by atoms with Gasteiger partial charge < -0.3 is 15.4 Å². The van der Waals surface area contributed by atoms with E-state index in [2.05, 4.69) is 10.6 Å². The van der Waals surface area contributed by atoms with E-state index >= 15 is 0 Å². The van der Waals surface area contributed by atoms with Crippen molar-refractivity contribution in [2.45, 2.75) is 19.6 Å². The second-order valence-corrected chi connectivity index (χ2v) is 10.0. The fourth-order valence-electron chi connectivity index (χ4n) is 3.26. The summed E-state index contributed by atoms with van der Waals surface area (Å²) in [6, 6.07) is 13.2. The van der Waals surface area contributed by atoms with Crippen molar-refractivity contribution in [3.8, 4) is 0 Å². The van der Waals surface area contributed by atoms with Gasteiger partial charge >= 0.3 is 0 Å². The average Bonchev–Trinajstić information content (AvgIpc) is 2.78. The first-order valence-corrected chi connectivity index (χ1v) is 12.2. The van der Waals surface area contributed by atoms with Gasteiger partial charge in [0.2, 0.25) is 10.0 Å². The van der Waals surface area contributed by atoms with Gasteiger partial charge in [-0.05, 0) is 35.7 Å². The fraction of sp³-hybridized carbons (Fsp3) is 0.391. The number of amides is 2. The van der Waals surface area contributed by atoms with E-state index in [1.165, 1.54) is 4.31 Å². The lowest BCUT2D eigenvalue weighted by molar-refractivity contribution is 0.0729. The van der Waals surface area contributed by atoms with E-state index < -0.39 is 10.0 Å². The molecule has 32 heavy (non-hydrogen) atoms. The number of hydrogen-bond acceptors (Lipinski definition) is 5. The minimum atomic E-state index is -3.44. The molecule has 1 fully saturated rings. The molecular weight excluding hydrogens is 430 g/mol. The van der Waals surface area contributed by atoms with Gasteiger partial charge in [-0.15, -0.1) is 0 Å². The van der Waals surface area contributed by atoms with E-state index in [-0.39, 0.29) is 17.6 Å². The molecule has 3 rings (SSSR count). The highest BCUT2D eigenvalue weighted by atomic mass is 32.2. The molecule has 2 aromatic carbocycles. The first kappa shape index (κ1) is 23.9. The molecule has 1 heterocycles. The van der Waals surface area contributed by atoms with Gasteiger partial charge in [-0.2, -0.15) is 4.31 Å². The van der Waals surface area contributed by atoms with Crippen molar-refractivity contribution in [3.63, 3.8) is 0 Å². The van der Waals surface area contributed by atoms with Gasteiger partial charge in [0.05, 0.1) is 30.2 Å². The van der Waals surface area contributed by atoms with Crippen LogP contribution in [0.5, 0.6) is 0 Å². The van der Waals surface area contributed by atoms with E-state index in [1.54, 1.807) is 48.5 Å². The molecule has 172 valence electrons. The number of morpholine rings is 1. The van der Waals surface area contributed by atoms with Gasteiger partial charge in [0, 0.05) is 25.2 Å². The number of nitrogens with zero attached hydrogens (tertiary/aromatic N) is 1. The molecule has 2 aromatic rings. The van der Waals surface area contributed by atoms with Crippen LogP contribution in [-0.2, 0) is 20.5 Å². The second-order valence-electron chi connectivity index (χ2n) is 8.07. The predicted molar refractivity (Wildman–Crippen MR) is 123 cm³/mol. The summed E-state index contributed by atoms with van der Waals surface area (Å²) in [6.45, 7) is 6.05. The zero-order valence-electron chi connectivity index (χ0n) is 18.3. The van der Waals surface area contributed by atoms with Crippen molar-refractivity contribution in [1.29, 1.82) is 0 Å². The Morgan fingerprint density at radius 2 is 1.66 bits per heavy atom. The molecule has 2 amide bonds. The number of benzene rings is 2. The van der Waals surface area contributed by atoms with E-state index in [0.29, 0.717) is 61.1 Å². The minimum absolute atomic E-state index is 0.131. The Morgan fingerprint density at radius 1 is 1.00 bits per heavy atom. The fourth-order valence-corrected chi connectivity index (χ4v) is 4.76. The highest BCUT2D eigenvalue weighted by molar-refractivity contribution is 7.88. The van der Waals surface area contributed by atoms with Crippen LogP contribution in [0.15, 0.2) is 48.5 Å². The molecule has 0 unspecified atom stereocenters. The maximum absolute atomic E-state index is 12.7. The van der Waals surface area contributed by atoms with Crippen molar-refractivity contribution in [2.75, 3.05) is 38.2 Å². The Kier molecular flexibility index (Phi) is 8.00. The molecule has 2 N–H and O–H groups in total. The lowest BCUT2D eigenvalue weighted by Crippen LogP contribution is -2.41. The van der Waals surface area contributed by atoms with E-state index in [9.17, 15) is 18.0 Å². The summed E-state index contributed by atoms with van der Waals surface area (Å²) in [5.41, 5.74) is 1.77. The first-order valence-electron chi connectivity index (χ1n) is 10.6. The van der Waals surface area contributed by atoms with Crippen molar-refractivity contribution >= 4 is 27.5 Å². The summed E-state index contributed by atoms with van der Waals surface area (Å²) in [6.07, 6.45) is 0. The Labute approximate surface area is 189 Å². The molecule has 1 aliphatic rings. The largest absolute Gasteiger partial charge is 0.379 e. The van der Waals surface area contributed by atoms with Gasteiger partial charge in [-0.3, -0.25) is 9.59 Å². The number of rotatable bonds is 8. The molecule has 8 nitrogen and oxygen atoms in total. The molecule has 0 aromatic heterocycles. The zero-order valence-corrected chi connectivity index (χ0v) is 19.2. The third kappa shape index (κ3) is 6.38. The zero-order chi connectivity index (χ0) is 23.1. The number of carbonyl (C=O) groups is 2. The predicted octanol–water partition coefficient (Wildman–Crippen LogP) is 2.49. The average molecular weight is 460 g/mol. The summed E-state index contributed by atoms with van der Waals surface area (Å²) < 4.78 is 31.8. The summed E-state index contributed by atoms with van der Waals surface area (Å²) in [5, 5.41) is 5.62. The Morgan fingerprint density at radius 3 is 2.31 bits per heavy atom. The van der Waals surface area contributed by atoms with Gasteiger partial charge in [-0.1, -0.05) is 38.1 Å². The molecule has 0 spiro atoms. The monoisotopic (exact) mass is 459 g/mol. The standard InChI is InChI=1S/C23H29N3O5S/c1-17(2)15-24-23(28)20-5-3-4-6-21(20)25-22(27)19-9-7-18(8-10-19)16-32(29,30)26-11-13-31-14-12-26/h3-10,17H,11-16H2,1-2H3,(H,24,28)(H,25,27). The van der Waals surface area contributed by atoms with Crippen LogP contribution in [-0.4, -0.2) is 57.4 Å². The molecule has 0 bridgehead atoms. The summed E-state index contributed by atoms with van der Waals surface area (Å²) in [7, 11) is -3.44. The summed E-state index contributed by atoms with van der Waals surface area (Å²) in [5.74, 6) is -0.449. The first-order chi connectivity index (χ1) is 15.3. The molecule has 0 radical (unpaired) electrons. The third-order valence-electron chi connectivity index (χ3n) is 5.02. The molecular formula is C23H29N3O5S. The van der Waals surface area contributed by atoms with Crippen LogP contribution < -0.4 is 10.6 Å². The summed E-state index contributed by atoms with van der Waals surface area (Å²) >= 11 is 0. The maximum atomic E-state index is 12.7. The number of nitrogens with one attached hydrogen (secondary N) is 2. The van der Waals surface area contributed by atoms with Crippen LogP contribution in [0, 0.1) is 5.92 Å². The lowest BCUT2D eigenvalue weighted by atomic mass is 10.1. The van der Waals surface area contributed by atoms with Crippen LogP contribution in [0.4, 0.5) is 5.69 Å². The van der Waals surface area contributed by atoms with Crippen molar-refractivity contribution in [2.24, 2.45) is 5.92 Å². The topological polar surface area (TPSA) is 105 Å². The van der Waals surface area contributed by atoms with E-state index in [1.807, 2.05) is 13.8 Å². The van der Waals surface area contributed by atoms with Gasteiger partial charge in [0.15, 0.2) is 0 Å². The van der Waals surface area contributed by atoms with E-state index in [4.69, 9.17) is 4.74 Å². The van der Waals surface area contributed by atoms with Crippen molar-refractivity contribution in [1.82, 2.24) is 9.62 Å². The number of carbonyl (C=O) groups excluding carboxylic acids is 2.